The molecule has 0 bridgehead atoms. The van der Waals surface area contributed by atoms with Crippen molar-refractivity contribution in [1.29, 1.82) is 0 Å². The van der Waals surface area contributed by atoms with Crippen molar-refractivity contribution in [1.82, 2.24) is 0 Å². The highest BCUT2D eigenvalue weighted by molar-refractivity contribution is 5.35. The predicted molar refractivity (Wildman–Crippen MR) is 82.4 cm³/mol. The van der Waals surface area contributed by atoms with Crippen LogP contribution in [0.2, 0.25) is 0 Å². The molecule has 2 aromatic rings. The summed E-state index contributed by atoms with van der Waals surface area (Å²) in [6, 6.07) is 15.4. The maximum Gasteiger partial charge on any atom is 0.123 e. The summed E-state index contributed by atoms with van der Waals surface area (Å²) in [5.41, 5.74) is 9.43. The Hall–Kier alpha value is -1.67. The van der Waals surface area contributed by atoms with Crippen LogP contribution in [0.25, 0.3) is 0 Å². The normalized spacial score (nSPS) is 12.7. The van der Waals surface area contributed by atoms with Crippen LogP contribution in [0.15, 0.2) is 48.5 Å². The highest BCUT2D eigenvalue weighted by Gasteiger charge is 2.13. The molecule has 0 amide bonds. The number of benzene rings is 2. The highest BCUT2D eigenvalue weighted by atomic mass is 19.1. The van der Waals surface area contributed by atoms with Gasteiger partial charge < -0.3 is 5.73 Å². The lowest BCUT2D eigenvalue weighted by Gasteiger charge is -2.18. The smallest absolute Gasteiger partial charge is 0.123 e. The van der Waals surface area contributed by atoms with E-state index < -0.39 is 0 Å². The quantitative estimate of drug-likeness (QED) is 0.855. The number of hydrogen-bond donors (Lipinski definition) is 1. The Labute approximate surface area is 120 Å². The van der Waals surface area contributed by atoms with Crippen LogP contribution in [-0.2, 0) is 0 Å². The topological polar surface area (TPSA) is 26.0 Å². The minimum Gasteiger partial charge on any atom is -0.330 e. The van der Waals surface area contributed by atoms with Gasteiger partial charge in [-0.3, -0.25) is 0 Å². The average Bonchev–Trinajstić information content (AvgIpc) is 2.46. The molecule has 2 rings (SSSR count). The lowest BCUT2D eigenvalue weighted by Crippen LogP contribution is -2.09. The van der Waals surface area contributed by atoms with E-state index in [1.54, 1.807) is 0 Å². The molecule has 0 saturated carbocycles. The first-order valence-corrected chi connectivity index (χ1v) is 7.17. The Morgan fingerprint density at radius 1 is 0.850 bits per heavy atom. The first-order valence-electron chi connectivity index (χ1n) is 7.17. The summed E-state index contributed by atoms with van der Waals surface area (Å²) in [5.74, 6) is 0.569. The van der Waals surface area contributed by atoms with Gasteiger partial charge in [-0.2, -0.15) is 0 Å². The lowest BCUT2D eigenvalue weighted by molar-refractivity contribution is 0.625. The molecular formula is C18H22FN. The molecule has 20 heavy (non-hydrogen) atoms. The maximum atomic E-state index is 13.1. The molecule has 0 radical (unpaired) electrons. The van der Waals surface area contributed by atoms with Crippen molar-refractivity contribution < 1.29 is 4.39 Å². The van der Waals surface area contributed by atoms with Crippen molar-refractivity contribution in [3.8, 4) is 0 Å². The van der Waals surface area contributed by atoms with E-state index in [1.807, 2.05) is 12.1 Å². The molecule has 106 valence electrons. The maximum absolute atomic E-state index is 13.1. The van der Waals surface area contributed by atoms with E-state index in [2.05, 4.69) is 38.1 Å². The van der Waals surface area contributed by atoms with Gasteiger partial charge in [0.15, 0.2) is 0 Å². The zero-order valence-electron chi connectivity index (χ0n) is 12.1. The Bertz CT molecular complexity index is 528. The molecule has 0 aromatic heterocycles. The minimum atomic E-state index is -0.199. The third-order valence-corrected chi connectivity index (χ3v) is 3.73. The molecular weight excluding hydrogens is 249 g/mol. The summed E-state index contributed by atoms with van der Waals surface area (Å²) in [6.45, 7) is 4.99. The fourth-order valence-electron chi connectivity index (χ4n) is 2.50. The first-order chi connectivity index (χ1) is 9.61. The monoisotopic (exact) mass is 271 g/mol. The molecule has 2 aromatic carbocycles. The van der Waals surface area contributed by atoms with Gasteiger partial charge in [-0.25, -0.2) is 4.39 Å². The van der Waals surface area contributed by atoms with Crippen molar-refractivity contribution in [2.45, 2.75) is 32.1 Å². The third kappa shape index (κ3) is 3.45. The standard InChI is InChI=1S/C18H22FN/c1-13(2)14-3-5-15(6-4-14)18(11-12-20)16-7-9-17(19)10-8-16/h3-10,13,18H,11-12,20H2,1-2H3. The number of hydrogen-bond acceptors (Lipinski definition) is 1. The summed E-state index contributed by atoms with van der Waals surface area (Å²) >= 11 is 0. The second-order valence-electron chi connectivity index (χ2n) is 5.50. The van der Waals surface area contributed by atoms with Gasteiger partial charge in [0.2, 0.25) is 0 Å². The van der Waals surface area contributed by atoms with Gasteiger partial charge in [0.05, 0.1) is 0 Å². The molecule has 1 nitrogen and oxygen atoms in total. The van der Waals surface area contributed by atoms with Gasteiger partial charge >= 0.3 is 0 Å². The minimum absolute atomic E-state index is 0.199. The Kier molecular flexibility index (Phi) is 4.91. The fraction of sp³-hybridized carbons (Fsp3) is 0.333. The van der Waals surface area contributed by atoms with E-state index in [0.717, 1.165) is 12.0 Å². The van der Waals surface area contributed by atoms with Crippen molar-refractivity contribution in [3.63, 3.8) is 0 Å². The SMILES string of the molecule is CC(C)c1ccc(C(CCN)c2ccc(F)cc2)cc1. The van der Waals surface area contributed by atoms with Crippen molar-refractivity contribution in [3.05, 3.63) is 71.0 Å². The summed E-state index contributed by atoms with van der Waals surface area (Å²) in [6.07, 6.45) is 0.868. The Morgan fingerprint density at radius 3 is 1.75 bits per heavy atom. The molecule has 0 saturated heterocycles. The van der Waals surface area contributed by atoms with E-state index >= 15 is 0 Å². The molecule has 0 aliphatic rings. The number of rotatable bonds is 5. The molecule has 0 aliphatic carbocycles. The van der Waals surface area contributed by atoms with E-state index in [9.17, 15) is 4.39 Å². The van der Waals surface area contributed by atoms with E-state index in [1.165, 1.54) is 23.3 Å². The van der Waals surface area contributed by atoms with Crippen LogP contribution in [0.4, 0.5) is 4.39 Å². The van der Waals surface area contributed by atoms with Gasteiger partial charge in [-0.15, -0.1) is 0 Å². The van der Waals surface area contributed by atoms with Gasteiger partial charge in [-0.05, 0) is 47.7 Å². The fourth-order valence-corrected chi connectivity index (χ4v) is 2.50. The molecule has 2 heteroatoms. The van der Waals surface area contributed by atoms with E-state index in [4.69, 9.17) is 5.73 Å². The molecule has 1 atom stereocenters. The average molecular weight is 271 g/mol. The molecule has 0 aliphatic heterocycles. The second-order valence-corrected chi connectivity index (χ2v) is 5.50. The van der Waals surface area contributed by atoms with Crippen LogP contribution >= 0.6 is 0 Å². The molecule has 0 fully saturated rings. The predicted octanol–water partition coefficient (Wildman–Crippen LogP) is 4.43. The summed E-state index contributed by atoms with van der Waals surface area (Å²) in [5, 5.41) is 0. The zero-order chi connectivity index (χ0) is 14.5. The van der Waals surface area contributed by atoms with E-state index in [0.29, 0.717) is 12.5 Å². The van der Waals surface area contributed by atoms with Crippen molar-refractivity contribution in [2.75, 3.05) is 6.54 Å². The van der Waals surface area contributed by atoms with Crippen LogP contribution in [0.5, 0.6) is 0 Å². The Morgan fingerprint density at radius 2 is 1.30 bits per heavy atom. The van der Waals surface area contributed by atoms with Crippen LogP contribution in [0.3, 0.4) is 0 Å². The highest BCUT2D eigenvalue weighted by Crippen LogP contribution is 2.29. The van der Waals surface area contributed by atoms with E-state index in [-0.39, 0.29) is 11.7 Å². The lowest BCUT2D eigenvalue weighted by atomic mass is 9.87. The van der Waals surface area contributed by atoms with Gasteiger partial charge in [0.1, 0.15) is 5.82 Å². The van der Waals surface area contributed by atoms with Crippen LogP contribution in [-0.4, -0.2) is 6.54 Å². The van der Waals surface area contributed by atoms with Crippen molar-refractivity contribution in [2.24, 2.45) is 5.73 Å². The number of halogens is 1. The summed E-state index contributed by atoms with van der Waals surface area (Å²) in [7, 11) is 0. The zero-order valence-corrected chi connectivity index (χ0v) is 12.1. The first kappa shape index (κ1) is 14.7. The van der Waals surface area contributed by atoms with Gasteiger partial charge in [0, 0.05) is 5.92 Å². The molecule has 1 unspecified atom stereocenters. The molecule has 0 spiro atoms. The summed E-state index contributed by atoms with van der Waals surface area (Å²) in [4.78, 5) is 0. The largest absolute Gasteiger partial charge is 0.330 e. The summed E-state index contributed by atoms with van der Waals surface area (Å²) < 4.78 is 13.1. The van der Waals surface area contributed by atoms with Crippen molar-refractivity contribution >= 4 is 0 Å². The van der Waals surface area contributed by atoms with Gasteiger partial charge in [0.25, 0.3) is 0 Å². The Balaban J connectivity index is 2.30. The molecule has 0 heterocycles. The van der Waals surface area contributed by atoms with Crippen LogP contribution in [0, 0.1) is 5.82 Å². The van der Waals surface area contributed by atoms with Crippen LogP contribution in [0.1, 0.15) is 48.8 Å². The van der Waals surface area contributed by atoms with Crippen LogP contribution < -0.4 is 5.73 Å². The second kappa shape index (κ2) is 6.67. The van der Waals surface area contributed by atoms with Gasteiger partial charge in [-0.1, -0.05) is 50.2 Å². The molecule has 2 N–H and O–H groups in total. The number of nitrogens with two attached hydrogens (primary N) is 1. The third-order valence-electron chi connectivity index (χ3n) is 3.73.